The Hall–Kier alpha value is -2.91. The first-order valence-electron chi connectivity index (χ1n) is 10.3. The van der Waals surface area contributed by atoms with Crippen molar-refractivity contribution < 1.29 is 28.1 Å². The zero-order chi connectivity index (χ0) is 24.1. The van der Waals surface area contributed by atoms with Crippen molar-refractivity contribution in [1.82, 2.24) is 10.2 Å². The van der Waals surface area contributed by atoms with Gasteiger partial charge in [0.1, 0.15) is 5.88 Å². The van der Waals surface area contributed by atoms with Crippen LogP contribution in [-0.2, 0) is 22.1 Å². The molecule has 2 atom stereocenters. The summed E-state index contributed by atoms with van der Waals surface area (Å²) in [5.41, 5.74) is 1.57. The third-order valence-electron chi connectivity index (χ3n) is 5.21. The topological polar surface area (TPSA) is 102 Å². The number of alkyl halides is 1. The highest BCUT2D eigenvalue weighted by Gasteiger charge is 2.42. The zero-order valence-corrected chi connectivity index (χ0v) is 20.1. The molecule has 0 saturated heterocycles. The normalized spacial score (nSPS) is 14.6. The number of carbonyl (C=O) groups excluding carboxylic acids is 3. The number of hydrogen-bond acceptors (Lipinski definition) is 6. The molecule has 1 aliphatic heterocycles. The fraction of sp³-hybridized carbons (Fsp3) is 0.348. The number of nitrogens with zero attached hydrogens (tertiary/aromatic N) is 1. The van der Waals surface area contributed by atoms with Gasteiger partial charge in [-0.15, -0.1) is 11.6 Å². The molecule has 8 nitrogen and oxygen atoms in total. The van der Waals surface area contributed by atoms with Crippen molar-refractivity contribution in [2.75, 3.05) is 31.6 Å². The molecule has 10 heteroatoms. The minimum atomic E-state index is -1.31. The molecule has 0 spiro atoms. The molecule has 0 aliphatic carbocycles. The van der Waals surface area contributed by atoms with Crippen LogP contribution in [0.5, 0.6) is 11.5 Å². The van der Waals surface area contributed by atoms with Gasteiger partial charge in [0.2, 0.25) is 5.91 Å². The maximum atomic E-state index is 13.5. The van der Waals surface area contributed by atoms with Crippen LogP contribution in [0.15, 0.2) is 36.4 Å². The molecule has 1 aliphatic rings. The summed E-state index contributed by atoms with van der Waals surface area (Å²) >= 11 is 5.54. The quantitative estimate of drug-likeness (QED) is 0.404. The Morgan fingerprint density at radius 3 is 2.58 bits per heavy atom. The first-order valence-corrected chi connectivity index (χ1v) is 12.5. The number of benzene rings is 2. The van der Waals surface area contributed by atoms with Crippen molar-refractivity contribution in [2.24, 2.45) is 0 Å². The number of nitrogens with one attached hydrogen (secondary N) is 1. The van der Waals surface area contributed by atoms with Gasteiger partial charge >= 0.3 is 0 Å². The van der Waals surface area contributed by atoms with Gasteiger partial charge in [-0.25, -0.2) is 0 Å². The predicted octanol–water partition coefficient (Wildman–Crippen LogP) is 2.66. The van der Waals surface area contributed by atoms with Gasteiger partial charge in [-0.05, 0) is 36.2 Å². The standard InChI is InChI=1S/C23H25ClN2O6S/c1-4-32-19-10-14(8-9-18(19)31-2)17(13-33(3)30)26-22(28)16-7-5-6-15(21(16)23(26)29)12-25-20(27)11-24/h5-10,17H,4,11-13H2,1-3H3,(H,25,27). The molecule has 2 aromatic carbocycles. The van der Waals surface area contributed by atoms with Gasteiger partial charge < -0.3 is 14.8 Å². The van der Waals surface area contributed by atoms with E-state index in [1.807, 2.05) is 6.92 Å². The highest BCUT2D eigenvalue weighted by atomic mass is 35.5. The first kappa shape index (κ1) is 24.7. The number of carbonyl (C=O) groups is 3. The van der Waals surface area contributed by atoms with Gasteiger partial charge in [0.25, 0.3) is 11.8 Å². The molecule has 0 bridgehead atoms. The van der Waals surface area contributed by atoms with Crippen molar-refractivity contribution in [3.8, 4) is 11.5 Å². The van der Waals surface area contributed by atoms with Crippen LogP contribution in [0.2, 0.25) is 0 Å². The van der Waals surface area contributed by atoms with E-state index in [2.05, 4.69) is 5.32 Å². The van der Waals surface area contributed by atoms with Crippen LogP contribution in [0.3, 0.4) is 0 Å². The fourth-order valence-corrected chi connectivity index (χ4v) is 4.64. The molecule has 2 unspecified atom stereocenters. The number of imide groups is 1. The number of hydrogen-bond donors (Lipinski definition) is 1. The maximum absolute atomic E-state index is 13.5. The number of amides is 3. The van der Waals surface area contributed by atoms with Gasteiger partial charge in [-0.2, -0.15) is 0 Å². The minimum Gasteiger partial charge on any atom is -0.493 e. The molecule has 1 heterocycles. The Kier molecular flexibility index (Phi) is 8.10. The molecule has 3 amide bonds. The lowest BCUT2D eigenvalue weighted by Gasteiger charge is -2.26. The first-order chi connectivity index (χ1) is 15.8. The molecule has 2 aromatic rings. The molecule has 33 heavy (non-hydrogen) atoms. The third-order valence-corrected chi connectivity index (χ3v) is 6.23. The van der Waals surface area contributed by atoms with E-state index in [0.717, 1.165) is 4.90 Å². The van der Waals surface area contributed by atoms with Crippen LogP contribution in [0, 0.1) is 0 Å². The molecule has 1 N–H and O–H groups in total. The smallest absolute Gasteiger partial charge is 0.262 e. The van der Waals surface area contributed by atoms with E-state index in [1.54, 1.807) is 36.4 Å². The summed E-state index contributed by atoms with van der Waals surface area (Å²) in [6.45, 7) is 2.29. The second-order valence-corrected chi connectivity index (χ2v) is 9.08. The summed E-state index contributed by atoms with van der Waals surface area (Å²) in [5, 5.41) is 2.62. The Bertz CT molecular complexity index is 1110. The summed E-state index contributed by atoms with van der Waals surface area (Å²) in [6, 6.07) is 9.24. The molecular formula is C23H25ClN2O6S. The average Bonchev–Trinajstić information content (AvgIpc) is 3.06. The molecular weight excluding hydrogens is 468 g/mol. The predicted molar refractivity (Wildman–Crippen MR) is 125 cm³/mol. The van der Waals surface area contributed by atoms with Crippen LogP contribution in [0.1, 0.15) is 44.8 Å². The van der Waals surface area contributed by atoms with Gasteiger partial charge in [-0.3, -0.25) is 23.5 Å². The van der Waals surface area contributed by atoms with Crippen LogP contribution < -0.4 is 14.8 Å². The summed E-state index contributed by atoms with van der Waals surface area (Å²) in [7, 11) is 0.208. The average molecular weight is 493 g/mol. The van der Waals surface area contributed by atoms with Gasteiger partial charge in [0, 0.05) is 29.4 Å². The monoisotopic (exact) mass is 492 g/mol. The summed E-state index contributed by atoms with van der Waals surface area (Å²) in [4.78, 5) is 39.5. The SMILES string of the molecule is CCOc1cc(C(CS(C)=O)N2C(=O)c3cccc(CNC(=O)CCl)c3C2=O)ccc1OC. The Morgan fingerprint density at radius 2 is 1.94 bits per heavy atom. The summed E-state index contributed by atoms with van der Waals surface area (Å²) in [5.74, 6) is -0.551. The Morgan fingerprint density at radius 1 is 1.18 bits per heavy atom. The maximum Gasteiger partial charge on any atom is 0.262 e. The Balaban J connectivity index is 2.03. The number of rotatable bonds is 10. The van der Waals surface area contributed by atoms with Gasteiger partial charge in [0.05, 0.1) is 30.9 Å². The van der Waals surface area contributed by atoms with E-state index in [4.69, 9.17) is 21.1 Å². The highest BCUT2D eigenvalue weighted by Crippen LogP contribution is 2.37. The van der Waals surface area contributed by atoms with Crippen molar-refractivity contribution in [1.29, 1.82) is 0 Å². The number of ether oxygens (including phenoxy) is 2. The van der Waals surface area contributed by atoms with Crippen LogP contribution >= 0.6 is 11.6 Å². The number of halogens is 1. The second-order valence-electron chi connectivity index (χ2n) is 7.33. The molecule has 0 radical (unpaired) electrons. The number of fused-ring (bicyclic) bond motifs is 1. The fourth-order valence-electron chi connectivity index (χ4n) is 3.76. The molecule has 0 fully saturated rings. The van der Waals surface area contributed by atoms with Crippen LogP contribution in [0.4, 0.5) is 0 Å². The van der Waals surface area contributed by atoms with E-state index < -0.39 is 28.7 Å². The highest BCUT2D eigenvalue weighted by molar-refractivity contribution is 7.84. The van der Waals surface area contributed by atoms with E-state index in [0.29, 0.717) is 29.2 Å². The lowest BCUT2D eigenvalue weighted by Crippen LogP contribution is -2.37. The molecule has 3 rings (SSSR count). The zero-order valence-electron chi connectivity index (χ0n) is 18.6. The van der Waals surface area contributed by atoms with Crippen molar-refractivity contribution in [3.63, 3.8) is 0 Å². The molecule has 0 saturated carbocycles. The number of methoxy groups -OCH3 is 1. The van der Waals surface area contributed by atoms with E-state index >= 15 is 0 Å². The Labute approximate surface area is 199 Å². The van der Waals surface area contributed by atoms with E-state index in [-0.39, 0.29) is 35.2 Å². The van der Waals surface area contributed by atoms with Gasteiger partial charge in [-0.1, -0.05) is 18.2 Å². The second kappa shape index (κ2) is 10.8. The van der Waals surface area contributed by atoms with Crippen molar-refractivity contribution in [3.05, 3.63) is 58.7 Å². The lowest BCUT2D eigenvalue weighted by molar-refractivity contribution is -0.118. The minimum absolute atomic E-state index is 0.0572. The summed E-state index contributed by atoms with van der Waals surface area (Å²) in [6.07, 6.45) is 1.52. The van der Waals surface area contributed by atoms with E-state index in [9.17, 15) is 18.6 Å². The van der Waals surface area contributed by atoms with E-state index in [1.165, 1.54) is 13.4 Å². The van der Waals surface area contributed by atoms with Crippen molar-refractivity contribution >= 4 is 40.1 Å². The molecule has 176 valence electrons. The van der Waals surface area contributed by atoms with Crippen molar-refractivity contribution in [2.45, 2.75) is 19.5 Å². The third kappa shape index (κ3) is 5.20. The lowest BCUT2D eigenvalue weighted by atomic mass is 10.0. The van der Waals surface area contributed by atoms with Gasteiger partial charge in [0.15, 0.2) is 11.5 Å². The molecule has 0 aromatic heterocycles. The van der Waals surface area contributed by atoms with Crippen LogP contribution in [0.25, 0.3) is 0 Å². The summed E-state index contributed by atoms with van der Waals surface area (Å²) < 4.78 is 23.2. The van der Waals surface area contributed by atoms with Crippen LogP contribution in [-0.4, -0.2) is 58.4 Å². The largest absolute Gasteiger partial charge is 0.493 e.